The Morgan fingerprint density at radius 2 is 2.19 bits per heavy atom. The second-order valence-corrected chi connectivity index (χ2v) is 3.88. The lowest BCUT2D eigenvalue weighted by atomic mass is 9.89. The molecule has 1 aliphatic heterocycles. The van der Waals surface area contributed by atoms with Crippen LogP contribution in [0.15, 0.2) is 10.9 Å². The van der Waals surface area contributed by atoms with Crippen LogP contribution < -0.4 is 11.3 Å². The number of aromatic nitrogens is 1. The van der Waals surface area contributed by atoms with Gasteiger partial charge in [-0.25, -0.2) is 0 Å². The number of nitriles is 1. The van der Waals surface area contributed by atoms with Crippen molar-refractivity contribution in [3.05, 3.63) is 27.5 Å². The molecule has 1 fully saturated rings. The van der Waals surface area contributed by atoms with Crippen LogP contribution in [0.2, 0.25) is 0 Å². The first-order valence-electron chi connectivity index (χ1n) is 5.23. The van der Waals surface area contributed by atoms with Crippen LogP contribution in [0.3, 0.4) is 0 Å². The van der Waals surface area contributed by atoms with E-state index >= 15 is 0 Å². The fraction of sp³-hybridized carbons (Fsp3) is 0.455. The largest absolute Gasteiger partial charge is 0.385 e. The second kappa shape index (κ2) is 4.37. The van der Waals surface area contributed by atoms with Gasteiger partial charge in [-0.3, -0.25) is 4.79 Å². The van der Waals surface area contributed by atoms with E-state index in [1.807, 2.05) is 6.07 Å². The molecule has 0 radical (unpaired) electrons. The summed E-state index contributed by atoms with van der Waals surface area (Å²) in [5.74, 6) is 0.512. The summed E-state index contributed by atoms with van der Waals surface area (Å²) in [6, 6.07) is 3.64. The monoisotopic (exact) mass is 219 g/mol. The zero-order valence-electron chi connectivity index (χ0n) is 8.82. The van der Waals surface area contributed by atoms with Gasteiger partial charge in [0, 0.05) is 13.2 Å². The average Bonchev–Trinajstić information content (AvgIpc) is 2.29. The Bertz CT molecular complexity index is 481. The molecule has 5 heteroatoms. The van der Waals surface area contributed by atoms with Crippen LogP contribution in [0.25, 0.3) is 0 Å². The Morgan fingerprint density at radius 3 is 2.81 bits per heavy atom. The fourth-order valence-electron chi connectivity index (χ4n) is 2.05. The number of H-pyrrole nitrogens is 1. The molecule has 0 atom stereocenters. The first-order chi connectivity index (χ1) is 7.72. The summed E-state index contributed by atoms with van der Waals surface area (Å²) in [5, 5.41) is 8.98. The normalized spacial score (nSPS) is 16.9. The number of anilines is 1. The predicted octanol–water partition coefficient (Wildman–Crippen LogP) is 0.723. The van der Waals surface area contributed by atoms with Crippen molar-refractivity contribution in [3.63, 3.8) is 0 Å². The summed E-state index contributed by atoms with van der Waals surface area (Å²) < 4.78 is 5.26. The number of hydrogen-bond donors (Lipinski definition) is 2. The van der Waals surface area contributed by atoms with E-state index in [9.17, 15) is 4.79 Å². The maximum Gasteiger partial charge on any atom is 0.267 e. The number of nitrogen functional groups attached to an aromatic ring is 1. The summed E-state index contributed by atoms with van der Waals surface area (Å²) >= 11 is 0. The molecule has 2 rings (SSSR count). The Labute approximate surface area is 92.8 Å². The molecule has 5 nitrogen and oxygen atoms in total. The molecule has 0 saturated carbocycles. The number of aromatic amines is 1. The lowest BCUT2D eigenvalue weighted by Crippen LogP contribution is -2.21. The molecule has 16 heavy (non-hydrogen) atoms. The molecule has 0 aliphatic carbocycles. The van der Waals surface area contributed by atoms with E-state index in [0.717, 1.165) is 18.4 Å². The fourth-order valence-corrected chi connectivity index (χ4v) is 2.05. The van der Waals surface area contributed by atoms with Crippen molar-refractivity contribution in [1.82, 2.24) is 4.98 Å². The highest BCUT2D eigenvalue weighted by Gasteiger charge is 2.21. The standard InChI is InChI=1S/C11H13N3O2/c12-6-9-8(5-10(13)14-11(9)15)7-1-3-16-4-2-7/h5,7H,1-4H2,(H3,13,14,15). The molecule has 84 valence electrons. The number of hydrogen-bond acceptors (Lipinski definition) is 4. The zero-order valence-corrected chi connectivity index (χ0v) is 8.82. The minimum absolute atomic E-state index is 0.182. The number of nitrogens with zero attached hydrogens (tertiary/aromatic N) is 1. The number of nitrogens with two attached hydrogens (primary N) is 1. The molecule has 1 aliphatic rings. The van der Waals surface area contributed by atoms with Gasteiger partial charge >= 0.3 is 0 Å². The van der Waals surface area contributed by atoms with Gasteiger partial charge in [-0.1, -0.05) is 0 Å². The number of rotatable bonds is 1. The lowest BCUT2D eigenvalue weighted by Gasteiger charge is -2.23. The van der Waals surface area contributed by atoms with Gasteiger partial charge in [-0.15, -0.1) is 0 Å². The van der Waals surface area contributed by atoms with Crippen LogP contribution >= 0.6 is 0 Å². The Balaban J connectivity index is 2.46. The van der Waals surface area contributed by atoms with E-state index in [1.54, 1.807) is 6.07 Å². The van der Waals surface area contributed by atoms with E-state index in [1.165, 1.54) is 0 Å². The van der Waals surface area contributed by atoms with Crippen molar-refractivity contribution in [1.29, 1.82) is 5.26 Å². The van der Waals surface area contributed by atoms with Crippen LogP contribution in [0.1, 0.15) is 29.9 Å². The van der Waals surface area contributed by atoms with Crippen molar-refractivity contribution >= 4 is 5.82 Å². The van der Waals surface area contributed by atoms with Crippen LogP contribution in [0, 0.1) is 11.3 Å². The Hall–Kier alpha value is -1.80. The lowest BCUT2D eigenvalue weighted by molar-refractivity contribution is 0.0852. The second-order valence-electron chi connectivity index (χ2n) is 3.88. The molecule has 2 heterocycles. The van der Waals surface area contributed by atoms with Crippen LogP contribution in [-0.4, -0.2) is 18.2 Å². The van der Waals surface area contributed by atoms with Gasteiger partial charge < -0.3 is 15.5 Å². The van der Waals surface area contributed by atoms with E-state index in [4.69, 9.17) is 15.7 Å². The molecule has 1 aromatic heterocycles. The van der Waals surface area contributed by atoms with Crippen molar-refractivity contribution in [2.24, 2.45) is 0 Å². The van der Waals surface area contributed by atoms with Crippen LogP contribution in [0.4, 0.5) is 5.82 Å². The zero-order chi connectivity index (χ0) is 11.5. The number of ether oxygens (including phenoxy) is 1. The minimum Gasteiger partial charge on any atom is -0.385 e. The van der Waals surface area contributed by atoms with Crippen molar-refractivity contribution in [3.8, 4) is 6.07 Å². The third-order valence-electron chi connectivity index (χ3n) is 2.86. The highest BCUT2D eigenvalue weighted by atomic mass is 16.5. The van der Waals surface area contributed by atoms with Crippen LogP contribution in [0.5, 0.6) is 0 Å². The van der Waals surface area contributed by atoms with Crippen molar-refractivity contribution in [2.45, 2.75) is 18.8 Å². The minimum atomic E-state index is -0.399. The maximum atomic E-state index is 11.5. The molecule has 1 aromatic rings. The average molecular weight is 219 g/mol. The van der Waals surface area contributed by atoms with Crippen LogP contribution in [-0.2, 0) is 4.74 Å². The summed E-state index contributed by atoms with van der Waals surface area (Å²) in [6.45, 7) is 1.34. The molecule has 0 unspecified atom stereocenters. The summed E-state index contributed by atoms with van der Waals surface area (Å²) in [6.07, 6.45) is 1.66. The highest BCUT2D eigenvalue weighted by molar-refractivity contribution is 5.45. The molecule has 1 saturated heterocycles. The molecule has 0 aromatic carbocycles. The Kier molecular flexibility index (Phi) is 2.93. The topological polar surface area (TPSA) is 91.9 Å². The van der Waals surface area contributed by atoms with E-state index in [2.05, 4.69) is 4.98 Å². The van der Waals surface area contributed by atoms with E-state index in [-0.39, 0.29) is 11.5 Å². The Morgan fingerprint density at radius 1 is 1.50 bits per heavy atom. The number of pyridine rings is 1. The predicted molar refractivity (Wildman–Crippen MR) is 59.0 cm³/mol. The van der Waals surface area contributed by atoms with Gasteiger partial charge in [0.25, 0.3) is 5.56 Å². The van der Waals surface area contributed by atoms with Crippen molar-refractivity contribution < 1.29 is 4.74 Å². The molecule has 0 bridgehead atoms. The molecular formula is C11H13N3O2. The third-order valence-corrected chi connectivity index (χ3v) is 2.86. The molecule has 0 amide bonds. The first-order valence-corrected chi connectivity index (χ1v) is 5.23. The summed E-state index contributed by atoms with van der Waals surface area (Å²) in [7, 11) is 0. The first kappa shape index (κ1) is 10.7. The summed E-state index contributed by atoms with van der Waals surface area (Å²) in [5.41, 5.74) is 6.13. The molecule has 0 spiro atoms. The van der Waals surface area contributed by atoms with Gasteiger partial charge in [0.15, 0.2) is 0 Å². The smallest absolute Gasteiger partial charge is 0.267 e. The van der Waals surface area contributed by atoms with Gasteiger partial charge in [-0.05, 0) is 30.4 Å². The maximum absolute atomic E-state index is 11.5. The number of nitrogens with one attached hydrogen (secondary N) is 1. The molecular weight excluding hydrogens is 206 g/mol. The van der Waals surface area contributed by atoms with Crippen molar-refractivity contribution in [2.75, 3.05) is 18.9 Å². The highest BCUT2D eigenvalue weighted by Crippen LogP contribution is 2.28. The van der Waals surface area contributed by atoms with Gasteiger partial charge in [0.1, 0.15) is 17.5 Å². The van der Waals surface area contributed by atoms with Gasteiger partial charge in [-0.2, -0.15) is 5.26 Å². The molecule has 3 N–H and O–H groups in total. The van der Waals surface area contributed by atoms with Gasteiger partial charge in [0.05, 0.1) is 0 Å². The quantitative estimate of drug-likeness (QED) is 0.728. The summed E-state index contributed by atoms with van der Waals surface area (Å²) in [4.78, 5) is 14.0. The van der Waals surface area contributed by atoms with E-state index < -0.39 is 5.56 Å². The SMILES string of the molecule is N#Cc1c(C2CCOCC2)cc(N)[nH]c1=O. The van der Waals surface area contributed by atoms with E-state index in [0.29, 0.717) is 19.0 Å². The van der Waals surface area contributed by atoms with Gasteiger partial charge in [0.2, 0.25) is 0 Å². The third kappa shape index (κ3) is 1.92.